The first-order valence-electron chi connectivity index (χ1n) is 4.83. The van der Waals surface area contributed by atoms with Crippen LogP contribution in [0.5, 0.6) is 0 Å². The number of hydrogen-bond acceptors (Lipinski definition) is 5. The number of thiazole rings is 1. The lowest BCUT2D eigenvalue weighted by Gasteiger charge is -2.03. The first kappa shape index (κ1) is 14.9. The third kappa shape index (κ3) is 4.63. The first-order valence-corrected chi connectivity index (χ1v) is 6.53. The Morgan fingerprint density at radius 3 is 2.44 bits per heavy atom. The molecule has 5 heteroatoms. The maximum atomic E-state index is 7.77. The highest BCUT2D eigenvalue weighted by Gasteiger charge is 2.09. The Hall–Kier alpha value is -1.07. The molecule has 0 saturated heterocycles. The molecule has 0 atom stereocenters. The van der Waals surface area contributed by atoms with Crippen LogP contribution in [0, 0.1) is 12.3 Å². The molecule has 0 aliphatic rings. The molecule has 0 spiro atoms. The topological polar surface area (TPSA) is 62.8 Å². The highest BCUT2D eigenvalue weighted by molar-refractivity contribution is 8.07. The lowest BCUT2D eigenvalue weighted by atomic mass is 10.3. The molecule has 0 aliphatic heterocycles. The molecule has 0 saturated carbocycles. The van der Waals surface area contributed by atoms with Gasteiger partial charge in [0.25, 0.3) is 0 Å². The molecule has 0 radical (unpaired) electrons. The minimum Gasteiger partial charge on any atom is -0.394 e. The van der Waals surface area contributed by atoms with E-state index in [1.165, 1.54) is 23.1 Å². The van der Waals surface area contributed by atoms with Gasteiger partial charge >= 0.3 is 0 Å². The predicted molar refractivity (Wildman–Crippen MR) is 75.1 cm³/mol. The number of rotatable bonds is 4. The van der Waals surface area contributed by atoms with Gasteiger partial charge in [0.1, 0.15) is 5.69 Å². The molecule has 1 rings (SSSR count). The van der Waals surface area contributed by atoms with Gasteiger partial charge in [-0.2, -0.15) is 0 Å². The summed E-state index contributed by atoms with van der Waals surface area (Å²) in [6.07, 6.45) is 0. The predicted octanol–water partition coefficient (Wildman–Crippen LogP) is 3.52. The van der Waals surface area contributed by atoms with Crippen molar-refractivity contribution in [1.29, 1.82) is 5.41 Å². The van der Waals surface area contributed by atoms with E-state index >= 15 is 0 Å². The number of nitrogens with zero attached hydrogens (tertiary/aromatic N) is 1. The van der Waals surface area contributed by atoms with Crippen LogP contribution in [0.1, 0.15) is 24.5 Å². The summed E-state index contributed by atoms with van der Waals surface area (Å²) in [6.45, 7) is 13.2. The third-order valence-corrected chi connectivity index (χ3v) is 2.89. The van der Waals surface area contributed by atoms with Crippen molar-refractivity contribution in [1.82, 2.24) is 4.98 Å². The summed E-state index contributed by atoms with van der Waals surface area (Å²) in [5.74, 6) is 0. The van der Waals surface area contributed by atoms with Gasteiger partial charge in [-0.1, -0.05) is 38.8 Å². The van der Waals surface area contributed by atoms with E-state index in [1.54, 1.807) is 0 Å². The van der Waals surface area contributed by atoms with Crippen molar-refractivity contribution in [3.05, 3.63) is 39.2 Å². The second-order valence-corrected chi connectivity index (χ2v) is 4.90. The van der Waals surface area contributed by atoms with E-state index in [0.717, 1.165) is 5.01 Å². The van der Waals surface area contributed by atoms with Crippen LogP contribution in [0.15, 0.2) is 28.5 Å². The molecule has 0 amide bonds. The van der Waals surface area contributed by atoms with Gasteiger partial charge in [0.15, 0.2) is 0 Å². The molecule has 1 heterocycles. The molecule has 3 N–H and O–H groups in total. The smallest absolute Gasteiger partial charge is 0.100 e. The standard InChI is InChI=1S/C9H11N3S2.C2H6/c1-5(14-6(2)10)9(11)8-4-13-7(3)12-8;1-2/h4,11H,1-2,10H2,3H3;1-2H3. The fourth-order valence-electron chi connectivity index (χ4n) is 0.830. The highest BCUT2D eigenvalue weighted by Crippen LogP contribution is 2.23. The third-order valence-electron chi connectivity index (χ3n) is 1.41. The molecule has 1 aromatic rings. The molecule has 88 valence electrons. The van der Waals surface area contributed by atoms with Crippen LogP contribution in [0.3, 0.4) is 0 Å². The van der Waals surface area contributed by atoms with Crippen molar-refractivity contribution in [2.75, 3.05) is 0 Å². The Balaban J connectivity index is 0.00000106. The van der Waals surface area contributed by atoms with Gasteiger partial charge in [0.2, 0.25) is 0 Å². The second-order valence-electron chi connectivity index (χ2n) is 2.62. The summed E-state index contributed by atoms with van der Waals surface area (Å²) in [4.78, 5) is 4.76. The Kier molecular flexibility index (Phi) is 6.76. The Morgan fingerprint density at radius 1 is 1.50 bits per heavy atom. The number of aryl methyl sites for hydroxylation is 1. The van der Waals surface area contributed by atoms with Gasteiger partial charge in [-0.3, -0.25) is 5.41 Å². The number of aromatic nitrogens is 1. The van der Waals surface area contributed by atoms with Crippen LogP contribution in [-0.4, -0.2) is 10.7 Å². The molecular formula is C11H17N3S2. The molecule has 0 aromatic carbocycles. The molecule has 0 aliphatic carbocycles. The average molecular weight is 255 g/mol. The van der Waals surface area contributed by atoms with Crippen molar-refractivity contribution in [3.63, 3.8) is 0 Å². The van der Waals surface area contributed by atoms with Crippen molar-refractivity contribution >= 4 is 28.8 Å². The summed E-state index contributed by atoms with van der Waals surface area (Å²) in [7, 11) is 0. The van der Waals surface area contributed by atoms with Gasteiger partial charge in [-0.25, -0.2) is 4.98 Å². The van der Waals surface area contributed by atoms with E-state index in [2.05, 4.69) is 18.1 Å². The zero-order valence-corrected chi connectivity index (χ0v) is 11.5. The van der Waals surface area contributed by atoms with Gasteiger partial charge < -0.3 is 5.73 Å². The molecule has 16 heavy (non-hydrogen) atoms. The summed E-state index contributed by atoms with van der Waals surface area (Å²) in [5.41, 5.74) is 6.36. The van der Waals surface area contributed by atoms with Crippen LogP contribution in [-0.2, 0) is 0 Å². The summed E-state index contributed by atoms with van der Waals surface area (Å²) in [5, 5.41) is 11.0. The van der Waals surface area contributed by atoms with Gasteiger partial charge in [0, 0.05) is 10.3 Å². The second kappa shape index (κ2) is 7.24. The van der Waals surface area contributed by atoms with Gasteiger partial charge in [-0.05, 0) is 6.92 Å². The number of thioether (sulfide) groups is 1. The average Bonchev–Trinajstić information content (AvgIpc) is 2.65. The largest absolute Gasteiger partial charge is 0.394 e. The van der Waals surface area contributed by atoms with Crippen LogP contribution < -0.4 is 5.73 Å². The van der Waals surface area contributed by atoms with E-state index < -0.39 is 0 Å². The lowest BCUT2D eigenvalue weighted by Crippen LogP contribution is -2.02. The number of allylic oxidation sites excluding steroid dienone is 1. The van der Waals surface area contributed by atoms with Gasteiger partial charge in [-0.15, -0.1) is 11.3 Å². The van der Waals surface area contributed by atoms with E-state index in [9.17, 15) is 0 Å². The normalized spacial score (nSPS) is 8.94. The Bertz CT molecular complexity index is 394. The van der Waals surface area contributed by atoms with Crippen molar-refractivity contribution in [3.8, 4) is 0 Å². The Morgan fingerprint density at radius 2 is 2.06 bits per heavy atom. The van der Waals surface area contributed by atoms with E-state index in [0.29, 0.717) is 21.3 Å². The fourth-order valence-corrected chi connectivity index (χ4v) is 1.96. The molecular weight excluding hydrogens is 238 g/mol. The first-order chi connectivity index (χ1) is 7.50. The minimum absolute atomic E-state index is 0.311. The fraction of sp³-hybridized carbons (Fsp3) is 0.273. The van der Waals surface area contributed by atoms with Crippen molar-refractivity contribution in [2.24, 2.45) is 5.73 Å². The van der Waals surface area contributed by atoms with Crippen LogP contribution >= 0.6 is 23.1 Å². The van der Waals surface area contributed by atoms with Crippen LogP contribution in [0.4, 0.5) is 0 Å². The van der Waals surface area contributed by atoms with E-state index in [1.807, 2.05) is 26.2 Å². The molecule has 0 bridgehead atoms. The zero-order chi connectivity index (χ0) is 12.7. The zero-order valence-electron chi connectivity index (χ0n) is 9.83. The highest BCUT2D eigenvalue weighted by atomic mass is 32.2. The van der Waals surface area contributed by atoms with Crippen molar-refractivity contribution < 1.29 is 0 Å². The molecule has 3 nitrogen and oxygen atoms in total. The maximum Gasteiger partial charge on any atom is 0.100 e. The molecule has 1 aromatic heterocycles. The SMILES string of the molecule is C=C(N)SC(=C)C(=N)c1csc(C)n1.CC. The quantitative estimate of drug-likeness (QED) is 0.809. The summed E-state index contributed by atoms with van der Waals surface area (Å²) in [6, 6.07) is 0. The monoisotopic (exact) mass is 255 g/mol. The molecule has 0 unspecified atom stereocenters. The maximum absolute atomic E-state index is 7.77. The number of nitrogens with two attached hydrogens (primary N) is 1. The summed E-state index contributed by atoms with van der Waals surface area (Å²) >= 11 is 2.71. The molecule has 0 fully saturated rings. The summed E-state index contributed by atoms with van der Waals surface area (Å²) < 4.78 is 0. The van der Waals surface area contributed by atoms with E-state index in [-0.39, 0.29) is 0 Å². The lowest BCUT2D eigenvalue weighted by molar-refractivity contribution is 1.26. The van der Waals surface area contributed by atoms with Gasteiger partial charge in [0.05, 0.1) is 15.7 Å². The van der Waals surface area contributed by atoms with Crippen molar-refractivity contribution in [2.45, 2.75) is 20.8 Å². The van der Waals surface area contributed by atoms with Crippen LogP contribution in [0.25, 0.3) is 0 Å². The van der Waals surface area contributed by atoms with Crippen LogP contribution in [0.2, 0.25) is 0 Å². The minimum atomic E-state index is 0.311. The number of hydrogen-bond donors (Lipinski definition) is 2. The van der Waals surface area contributed by atoms with E-state index in [4.69, 9.17) is 11.1 Å². The number of nitrogens with one attached hydrogen (secondary N) is 1. The Labute approximate surface area is 105 Å².